The van der Waals surface area contributed by atoms with E-state index in [0.717, 1.165) is 6.42 Å². The van der Waals surface area contributed by atoms with E-state index in [4.69, 9.17) is 10.00 Å². The summed E-state index contributed by atoms with van der Waals surface area (Å²) >= 11 is 0. The van der Waals surface area contributed by atoms with Crippen molar-refractivity contribution in [2.75, 3.05) is 0 Å². The second kappa shape index (κ2) is 3.38. The number of nitriles is 1. The molecule has 0 aromatic heterocycles. The van der Waals surface area contributed by atoms with Gasteiger partial charge in [0.15, 0.2) is 0 Å². The maximum Gasteiger partial charge on any atom is 0.309 e. The van der Waals surface area contributed by atoms with Gasteiger partial charge in [0.2, 0.25) is 0 Å². The predicted octanol–water partition coefficient (Wildman–Crippen LogP) is 1.24. The highest BCUT2D eigenvalue weighted by Crippen LogP contribution is 2.24. The minimum absolute atomic E-state index is 0.0235. The van der Waals surface area contributed by atoms with Crippen LogP contribution in [0.4, 0.5) is 0 Å². The van der Waals surface area contributed by atoms with Crippen molar-refractivity contribution in [2.45, 2.75) is 32.3 Å². The maximum atomic E-state index is 11.0. The van der Waals surface area contributed by atoms with Crippen LogP contribution in [-0.4, -0.2) is 12.1 Å². The van der Waals surface area contributed by atoms with Crippen molar-refractivity contribution in [1.29, 1.82) is 5.26 Å². The molecule has 1 aliphatic heterocycles. The van der Waals surface area contributed by atoms with Crippen LogP contribution in [0.2, 0.25) is 0 Å². The van der Waals surface area contributed by atoms with Crippen molar-refractivity contribution in [3.05, 3.63) is 0 Å². The van der Waals surface area contributed by atoms with Gasteiger partial charge >= 0.3 is 5.97 Å². The Morgan fingerprint density at radius 2 is 2.55 bits per heavy atom. The minimum Gasteiger partial charge on any atom is -0.462 e. The van der Waals surface area contributed by atoms with Crippen LogP contribution in [0.1, 0.15) is 26.2 Å². The molecule has 0 aromatic rings. The first-order chi connectivity index (χ1) is 5.24. The van der Waals surface area contributed by atoms with Gasteiger partial charge in [0, 0.05) is 6.42 Å². The number of hydrogen-bond acceptors (Lipinski definition) is 3. The Morgan fingerprint density at radius 1 is 1.82 bits per heavy atom. The molecular weight excluding hydrogens is 142 g/mol. The van der Waals surface area contributed by atoms with Crippen LogP contribution in [-0.2, 0) is 9.53 Å². The Balaban J connectivity index is 2.36. The zero-order valence-electron chi connectivity index (χ0n) is 6.54. The molecule has 1 saturated heterocycles. The predicted molar refractivity (Wildman–Crippen MR) is 38.5 cm³/mol. The molecule has 1 heterocycles. The van der Waals surface area contributed by atoms with Gasteiger partial charge in [-0.3, -0.25) is 4.79 Å². The summed E-state index contributed by atoms with van der Waals surface area (Å²) in [5, 5.41) is 8.28. The summed E-state index contributed by atoms with van der Waals surface area (Å²) in [6.07, 6.45) is 1.93. The fourth-order valence-corrected chi connectivity index (χ4v) is 1.31. The van der Waals surface area contributed by atoms with Gasteiger partial charge in [-0.2, -0.15) is 5.26 Å². The summed E-state index contributed by atoms with van der Waals surface area (Å²) in [5.41, 5.74) is 0. The fourth-order valence-electron chi connectivity index (χ4n) is 1.31. The Morgan fingerprint density at radius 3 is 3.00 bits per heavy atom. The van der Waals surface area contributed by atoms with Crippen molar-refractivity contribution < 1.29 is 9.53 Å². The lowest BCUT2D eigenvalue weighted by atomic mass is 10.0. The zero-order chi connectivity index (χ0) is 8.27. The van der Waals surface area contributed by atoms with E-state index in [9.17, 15) is 4.79 Å². The third-order valence-corrected chi connectivity index (χ3v) is 1.87. The van der Waals surface area contributed by atoms with Gasteiger partial charge in [-0.25, -0.2) is 0 Å². The molecular formula is C8H11NO2. The second-order valence-electron chi connectivity index (χ2n) is 2.88. The lowest BCUT2D eigenvalue weighted by Gasteiger charge is -1.98. The second-order valence-corrected chi connectivity index (χ2v) is 2.88. The first-order valence-electron chi connectivity index (χ1n) is 3.81. The molecule has 0 aliphatic carbocycles. The molecule has 11 heavy (non-hydrogen) atoms. The molecule has 0 N–H and O–H groups in total. The standard InChI is InChI=1S/C8H11NO2/c1-6-5-7(3-2-4-9)8(10)11-6/h6-7H,2-3,5H2,1H3. The van der Waals surface area contributed by atoms with Crippen LogP contribution in [0.25, 0.3) is 0 Å². The summed E-state index contributed by atoms with van der Waals surface area (Å²) in [4.78, 5) is 11.0. The van der Waals surface area contributed by atoms with Gasteiger partial charge in [0.1, 0.15) is 0 Å². The number of carbonyl (C=O) groups is 1. The zero-order valence-corrected chi connectivity index (χ0v) is 6.54. The molecule has 3 nitrogen and oxygen atoms in total. The topological polar surface area (TPSA) is 50.1 Å². The molecule has 1 fully saturated rings. The van der Waals surface area contributed by atoms with Gasteiger partial charge in [-0.05, 0) is 19.8 Å². The molecule has 0 radical (unpaired) electrons. The molecule has 1 aliphatic rings. The lowest BCUT2D eigenvalue weighted by Crippen LogP contribution is -2.06. The molecule has 0 aromatic carbocycles. The monoisotopic (exact) mass is 153 g/mol. The Labute approximate surface area is 66.0 Å². The normalized spacial score (nSPS) is 29.6. The number of esters is 1. The first-order valence-corrected chi connectivity index (χ1v) is 3.81. The van der Waals surface area contributed by atoms with E-state index in [-0.39, 0.29) is 18.0 Å². The van der Waals surface area contributed by atoms with Crippen molar-refractivity contribution in [1.82, 2.24) is 0 Å². The average molecular weight is 153 g/mol. The third kappa shape index (κ3) is 1.94. The van der Waals surface area contributed by atoms with Crippen LogP contribution in [0.3, 0.4) is 0 Å². The first kappa shape index (κ1) is 8.06. The number of nitrogens with zero attached hydrogens (tertiary/aromatic N) is 1. The summed E-state index contributed by atoms with van der Waals surface area (Å²) in [5.74, 6) is -0.155. The van der Waals surface area contributed by atoms with E-state index in [2.05, 4.69) is 0 Å². The highest BCUT2D eigenvalue weighted by Gasteiger charge is 2.30. The van der Waals surface area contributed by atoms with Crippen molar-refractivity contribution in [3.63, 3.8) is 0 Å². The van der Waals surface area contributed by atoms with Crippen LogP contribution in [0, 0.1) is 17.2 Å². The Kier molecular flexibility index (Phi) is 2.48. The molecule has 60 valence electrons. The van der Waals surface area contributed by atoms with E-state index in [0.29, 0.717) is 12.8 Å². The van der Waals surface area contributed by atoms with Gasteiger partial charge < -0.3 is 4.74 Å². The van der Waals surface area contributed by atoms with E-state index in [1.165, 1.54) is 0 Å². The van der Waals surface area contributed by atoms with E-state index < -0.39 is 0 Å². The van der Waals surface area contributed by atoms with Gasteiger partial charge in [0.25, 0.3) is 0 Å². The number of ether oxygens (including phenoxy) is 1. The van der Waals surface area contributed by atoms with Gasteiger partial charge in [0.05, 0.1) is 18.1 Å². The molecule has 0 spiro atoms. The van der Waals surface area contributed by atoms with Crippen molar-refractivity contribution >= 4 is 5.97 Å². The van der Waals surface area contributed by atoms with Crippen molar-refractivity contribution in [2.24, 2.45) is 5.92 Å². The van der Waals surface area contributed by atoms with Crippen molar-refractivity contribution in [3.8, 4) is 6.07 Å². The minimum atomic E-state index is -0.132. The molecule has 0 bridgehead atoms. The maximum absolute atomic E-state index is 11.0. The number of carbonyl (C=O) groups excluding carboxylic acids is 1. The molecule has 1 rings (SSSR count). The largest absolute Gasteiger partial charge is 0.462 e. The van der Waals surface area contributed by atoms with Crippen LogP contribution in [0.15, 0.2) is 0 Å². The fraction of sp³-hybridized carbons (Fsp3) is 0.750. The molecule has 3 heteroatoms. The Bertz CT molecular complexity index is 195. The highest BCUT2D eigenvalue weighted by molar-refractivity contribution is 5.74. The molecule has 0 saturated carbocycles. The van der Waals surface area contributed by atoms with E-state index >= 15 is 0 Å². The van der Waals surface area contributed by atoms with Gasteiger partial charge in [-0.15, -0.1) is 0 Å². The number of hydrogen-bond donors (Lipinski definition) is 0. The van der Waals surface area contributed by atoms with E-state index in [1.54, 1.807) is 0 Å². The lowest BCUT2D eigenvalue weighted by molar-refractivity contribution is -0.143. The SMILES string of the molecule is CC1CC(CCC#N)C(=O)O1. The Hall–Kier alpha value is -1.04. The number of rotatable bonds is 2. The average Bonchev–Trinajstić information content (AvgIpc) is 2.26. The molecule has 2 atom stereocenters. The van der Waals surface area contributed by atoms with Crippen LogP contribution in [0.5, 0.6) is 0 Å². The third-order valence-electron chi connectivity index (χ3n) is 1.87. The quantitative estimate of drug-likeness (QED) is 0.561. The van der Waals surface area contributed by atoms with Gasteiger partial charge in [-0.1, -0.05) is 0 Å². The summed E-state index contributed by atoms with van der Waals surface area (Å²) in [7, 11) is 0. The molecule has 2 unspecified atom stereocenters. The molecule has 0 amide bonds. The summed E-state index contributed by atoms with van der Waals surface area (Å²) < 4.78 is 4.92. The highest BCUT2D eigenvalue weighted by atomic mass is 16.5. The smallest absolute Gasteiger partial charge is 0.309 e. The number of cyclic esters (lactones) is 1. The van der Waals surface area contributed by atoms with Crippen LogP contribution < -0.4 is 0 Å². The summed E-state index contributed by atoms with van der Waals surface area (Å²) in [6.45, 7) is 1.88. The summed E-state index contributed by atoms with van der Waals surface area (Å²) in [6, 6.07) is 2.02. The van der Waals surface area contributed by atoms with E-state index in [1.807, 2.05) is 13.0 Å². The van der Waals surface area contributed by atoms with Crippen LogP contribution >= 0.6 is 0 Å².